The standard InChI is InChI=1S/C15H22FN3O2/c16-11-4-5-14(13(17)9-11)18-15(21)6-8-19-7-2-1-3-12(19)10-20/h4-5,9,12,20H,1-3,6-8,10,17H2,(H,18,21). The van der Waals surface area contributed by atoms with Crippen molar-refractivity contribution in [3.63, 3.8) is 0 Å². The van der Waals surface area contributed by atoms with E-state index in [4.69, 9.17) is 5.73 Å². The minimum atomic E-state index is -0.426. The molecule has 1 aromatic rings. The van der Waals surface area contributed by atoms with Gasteiger partial charge in [0, 0.05) is 19.0 Å². The number of amides is 1. The van der Waals surface area contributed by atoms with Crippen molar-refractivity contribution >= 4 is 17.3 Å². The largest absolute Gasteiger partial charge is 0.397 e. The smallest absolute Gasteiger partial charge is 0.225 e. The summed E-state index contributed by atoms with van der Waals surface area (Å²) in [7, 11) is 0. The van der Waals surface area contributed by atoms with E-state index in [1.165, 1.54) is 18.2 Å². The van der Waals surface area contributed by atoms with E-state index >= 15 is 0 Å². The minimum Gasteiger partial charge on any atom is -0.397 e. The van der Waals surface area contributed by atoms with Crippen LogP contribution in [0.2, 0.25) is 0 Å². The SMILES string of the molecule is Nc1cc(F)ccc1NC(=O)CCN1CCCCC1CO. The number of nitrogens with one attached hydrogen (secondary N) is 1. The molecule has 5 nitrogen and oxygen atoms in total. The summed E-state index contributed by atoms with van der Waals surface area (Å²) in [5, 5.41) is 12.0. The average molecular weight is 295 g/mol. The van der Waals surface area contributed by atoms with Gasteiger partial charge in [-0.2, -0.15) is 0 Å². The minimum absolute atomic E-state index is 0.131. The second-order valence-corrected chi connectivity index (χ2v) is 5.40. The van der Waals surface area contributed by atoms with Crippen LogP contribution in [0.1, 0.15) is 25.7 Å². The lowest BCUT2D eigenvalue weighted by molar-refractivity contribution is -0.116. The summed E-state index contributed by atoms with van der Waals surface area (Å²) in [4.78, 5) is 14.1. The van der Waals surface area contributed by atoms with Gasteiger partial charge in [-0.3, -0.25) is 9.69 Å². The highest BCUT2D eigenvalue weighted by molar-refractivity contribution is 5.93. The fourth-order valence-electron chi connectivity index (χ4n) is 2.67. The highest BCUT2D eigenvalue weighted by Gasteiger charge is 2.21. The Morgan fingerprint density at radius 3 is 3.00 bits per heavy atom. The Hall–Kier alpha value is -1.66. The van der Waals surface area contributed by atoms with Gasteiger partial charge in [-0.15, -0.1) is 0 Å². The van der Waals surface area contributed by atoms with Crippen molar-refractivity contribution in [3.05, 3.63) is 24.0 Å². The quantitative estimate of drug-likeness (QED) is 0.721. The number of nitrogens with zero attached hydrogens (tertiary/aromatic N) is 1. The maximum Gasteiger partial charge on any atom is 0.225 e. The number of likely N-dealkylation sites (tertiary alicyclic amines) is 1. The third-order valence-corrected chi connectivity index (χ3v) is 3.87. The maximum atomic E-state index is 12.9. The molecular formula is C15H22FN3O2. The second-order valence-electron chi connectivity index (χ2n) is 5.40. The summed E-state index contributed by atoms with van der Waals surface area (Å²) >= 11 is 0. The fraction of sp³-hybridized carbons (Fsp3) is 0.533. The number of benzene rings is 1. The topological polar surface area (TPSA) is 78.6 Å². The lowest BCUT2D eigenvalue weighted by Gasteiger charge is -2.34. The number of aliphatic hydroxyl groups is 1. The predicted molar refractivity (Wildman–Crippen MR) is 80.4 cm³/mol. The number of piperidine rings is 1. The van der Waals surface area contributed by atoms with Crippen LogP contribution in [0.25, 0.3) is 0 Å². The van der Waals surface area contributed by atoms with Crippen LogP contribution in [-0.4, -0.2) is 41.7 Å². The van der Waals surface area contributed by atoms with Crippen LogP contribution in [0.15, 0.2) is 18.2 Å². The molecule has 6 heteroatoms. The van der Waals surface area contributed by atoms with Crippen LogP contribution >= 0.6 is 0 Å². The molecule has 0 saturated carbocycles. The Kier molecular flexibility index (Phi) is 5.52. The molecule has 2 rings (SSSR count). The van der Waals surface area contributed by atoms with Crippen LogP contribution in [0, 0.1) is 5.82 Å². The van der Waals surface area contributed by atoms with E-state index in [1.54, 1.807) is 0 Å². The lowest BCUT2D eigenvalue weighted by Crippen LogP contribution is -2.43. The number of nitrogens with two attached hydrogens (primary N) is 1. The molecule has 21 heavy (non-hydrogen) atoms. The Morgan fingerprint density at radius 1 is 1.48 bits per heavy atom. The van der Waals surface area contributed by atoms with Gasteiger partial charge in [-0.05, 0) is 37.6 Å². The molecule has 1 heterocycles. The molecule has 1 aliphatic heterocycles. The third kappa shape index (κ3) is 4.41. The first-order valence-corrected chi connectivity index (χ1v) is 7.30. The van der Waals surface area contributed by atoms with E-state index in [1.807, 2.05) is 0 Å². The van der Waals surface area contributed by atoms with Gasteiger partial charge in [0.1, 0.15) is 5.82 Å². The summed E-state index contributed by atoms with van der Waals surface area (Å²) in [6, 6.07) is 4.06. The van der Waals surface area contributed by atoms with Gasteiger partial charge >= 0.3 is 0 Å². The van der Waals surface area contributed by atoms with Crippen LogP contribution in [0.4, 0.5) is 15.8 Å². The molecule has 4 N–H and O–H groups in total. The van der Waals surface area contributed by atoms with Gasteiger partial charge in [0.2, 0.25) is 5.91 Å². The molecule has 116 valence electrons. The monoisotopic (exact) mass is 295 g/mol. The van der Waals surface area contributed by atoms with Gasteiger partial charge < -0.3 is 16.2 Å². The molecule has 0 aliphatic carbocycles. The number of nitrogen functional groups attached to an aromatic ring is 1. The van der Waals surface area contributed by atoms with Crippen molar-refractivity contribution in [2.75, 3.05) is 30.7 Å². The van der Waals surface area contributed by atoms with E-state index < -0.39 is 5.82 Å². The molecule has 1 fully saturated rings. The van der Waals surface area contributed by atoms with Crippen LogP contribution in [0.5, 0.6) is 0 Å². The third-order valence-electron chi connectivity index (χ3n) is 3.87. The summed E-state index contributed by atoms with van der Waals surface area (Å²) in [5.74, 6) is -0.583. The first-order valence-electron chi connectivity index (χ1n) is 7.30. The summed E-state index contributed by atoms with van der Waals surface area (Å²) in [5.41, 5.74) is 6.30. The van der Waals surface area contributed by atoms with Crippen molar-refractivity contribution in [2.45, 2.75) is 31.7 Å². The molecule has 0 aromatic heterocycles. The van der Waals surface area contributed by atoms with Crippen LogP contribution < -0.4 is 11.1 Å². The van der Waals surface area contributed by atoms with E-state index in [9.17, 15) is 14.3 Å². The number of carbonyl (C=O) groups excluding carboxylic acids is 1. The van der Waals surface area contributed by atoms with Gasteiger partial charge in [-0.25, -0.2) is 4.39 Å². The average Bonchev–Trinajstić information content (AvgIpc) is 2.48. The molecule has 0 radical (unpaired) electrons. The molecule has 0 bridgehead atoms. The molecule has 1 amide bonds. The zero-order valence-corrected chi connectivity index (χ0v) is 12.0. The first-order chi connectivity index (χ1) is 10.1. The highest BCUT2D eigenvalue weighted by atomic mass is 19.1. The van der Waals surface area contributed by atoms with Crippen LogP contribution in [0.3, 0.4) is 0 Å². The van der Waals surface area contributed by atoms with Gasteiger partial charge in [0.05, 0.1) is 18.0 Å². The number of halogens is 1. The Bertz CT molecular complexity index is 496. The van der Waals surface area contributed by atoms with E-state index in [2.05, 4.69) is 10.2 Å². The molecule has 1 aliphatic rings. The number of carbonyl (C=O) groups is 1. The van der Waals surface area contributed by atoms with Crippen molar-refractivity contribution in [3.8, 4) is 0 Å². The molecule has 1 aromatic carbocycles. The Morgan fingerprint density at radius 2 is 2.29 bits per heavy atom. The van der Waals surface area contributed by atoms with Gasteiger partial charge in [0.25, 0.3) is 0 Å². The van der Waals surface area contributed by atoms with Crippen molar-refractivity contribution in [1.82, 2.24) is 4.90 Å². The van der Waals surface area contributed by atoms with E-state index in [-0.39, 0.29) is 24.2 Å². The summed E-state index contributed by atoms with van der Waals surface area (Å²) in [6.45, 7) is 1.65. The molecule has 1 unspecified atom stereocenters. The zero-order chi connectivity index (χ0) is 15.2. The van der Waals surface area contributed by atoms with E-state index in [0.717, 1.165) is 25.8 Å². The molecule has 1 saturated heterocycles. The second kappa shape index (κ2) is 7.38. The maximum absolute atomic E-state index is 12.9. The first kappa shape index (κ1) is 15.7. The molecular weight excluding hydrogens is 273 g/mol. The summed E-state index contributed by atoms with van der Waals surface area (Å²) < 4.78 is 12.9. The van der Waals surface area contributed by atoms with Gasteiger partial charge in [0.15, 0.2) is 0 Å². The van der Waals surface area contributed by atoms with Crippen molar-refractivity contribution in [2.24, 2.45) is 0 Å². The fourth-order valence-corrected chi connectivity index (χ4v) is 2.67. The Labute approximate surface area is 123 Å². The van der Waals surface area contributed by atoms with Gasteiger partial charge in [-0.1, -0.05) is 6.42 Å². The normalized spacial score (nSPS) is 19.4. The lowest BCUT2D eigenvalue weighted by atomic mass is 10.0. The number of hydrogen-bond donors (Lipinski definition) is 3. The Balaban J connectivity index is 1.84. The zero-order valence-electron chi connectivity index (χ0n) is 12.0. The summed E-state index contributed by atoms with van der Waals surface area (Å²) in [6.07, 6.45) is 3.53. The molecule has 0 spiro atoms. The number of hydrogen-bond acceptors (Lipinski definition) is 4. The van der Waals surface area contributed by atoms with Crippen molar-refractivity contribution in [1.29, 1.82) is 0 Å². The van der Waals surface area contributed by atoms with Crippen molar-refractivity contribution < 1.29 is 14.3 Å². The highest BCUT2D eigenvalue weighted by Crippen LogP contribution is 2.20. The number of rotatable bonds is 5. The van der Waals surface area contributed by atoms with E-state index in [0.29, 0.717) is 18.7 Å². The molecule has 1 atom stereocenters. The number of anilines is 2. The predicted octanol–water partition coefficient (Wildman–Crippen LogP) is 1.58. The van der Waals surface area contributed by atoms with Crippen LogP contribution in [-0.2, 0) is 4.79 Å². The number of aliphatic hydroxyl groups excluding tert-OH is 1.